The van der Waals surface area contributed by atoms with E-state index < -0.39 is 0 Å². The average Bonchev–Trinajstić information content (AvgIpc) is 2.54. The van der Waals surface area contributed by atoms with Crippen molar-refractivity contribution in [2.75, 3.05) is 14.2 Å². The summed E-state index contributed by atoms with van der Waals surface area (Å²) in [5, 5.41) is 3.38. The van der Waals surface area contributed by atoms with E-state index in [9.17, 15) is 4.39 Å². The van der Waals surface area contributed by atoms with Crippen molar-refractivity contribution in [3.8, 4) is 11.5 Å². The molecule has 1 unspecified atom stereocenters. The predicted octanol–water partition coefficient (Wildman–Crippen LogP) is 4.46. The van der Waals surface area contributed by atoms with Gasteiger partial charge in [-0.05, 0) is 48.9 Å². The van der Waals surface area contributed by atoms with Crippen molar-refractivity contribution in [2.45, 2.75) is 19.5 Å². The lowest BCUT2D eigenvalue weighted by Gasteiger charge is -2.18. The number of hydrogen-bond acceptors (Lipinski definition) is 3. The van der Waals surface area contributed by atoms with Crippen molar-refractivity contribution < 1.29 is 13.9 Å². The lowest BCUT2D eigenvalue weighted by atomic mass is 10.1. The van der Waals surface area contributed by atoms with Crippen molar-refractivity contribution >= 4 is 15.9 Å². The van der Waals surface area contributed by atoms with Crippen molar-refractivity contribution in [3.05, 3.63) is 57.8 Å². The summed E-state index contributed by atoms with van der Waals surface area (Å²) in [4.78, 5) is 0. The second kappa shape index (κ2) is 7.61. The molecule has 0 spiro atoms. The second-order valence-corrected chi connectivity index (χ2v) is 5.80. The molecule has 0 aromatic heterocycles. The van der Waals surface area contributed by atoms with E-state index in [4.69, 9.17) is 9.47 Å². The zero-order valence-corrected chi connectivity index (χ0v) is 14.4. The van der Waals surface area contributed by atoms with Crippen LogP contribution in [0.2, 0.25) is 0 Å². The first-order valence-electron chi connectivity index (χ1n) is 6.94. The van der Waals surface area contributed by atoms with Gasteiger partial charge in [-0.15, -0.1) is 0 Å². The van der Waals surface area contributed by atoms with Crippen LogP contribution in [0.15, 0.2) is 40.9 Å². The Morgan fingerprint density at radius 3 is 2.59 bits per heavy atom. The van der Waals surface area contributed by atoms with Crippen LogP contribution in [0.4, 0.5) is 4.39 Å². The maximum Gasteiger partial charge on any atom is 0.123 e. The summed E-state index contributed by atoms with van der Waals surface area (Å²) in [6.45, 7) is 2.57. The number of nitrogens with one attached hydrogen (secondary N) is 1. The molecule has 0 saturated carbocycles. The van der Waals surface area contributed by atoms with Crippen LogP contribution < -0.4 is 14.8 Å². The normalized spacial score (nSPS) is 12.0. The maximum atomic E-state index is 13.3. The first kappa shape index (κ1) is 16.8. The molecule has 1 N–H and O–H groups in total. The van der Waals surface area contributed by atoms with Crippen molar-refractivity contribution in [1.82, 2.24) is 5.32 Å². The van der Waals surface area contributed by atoms with Gasteiger partial charge in [0.25, 0.3) is 0 Å². The maximum absolute atomic E-state index is 13.3. The smallest absolute Gasteiger partial charge is 0.123 e. The quantitative estimate of drug-likeness (QED) is 0.817. The molecule has 2 aromatic rings. The van der Waals surface area contributed by atoms with E-state index >= 15 is 0 Å². The molecule has 0 aliphatic carbocycles. The van der Waals surface area contributed by atoms with Gasteiger partial charge in [0.1, 0.15) is 17.3 Å². The zero-order chi connectivity index (χ0) is 16.1. The van der Waals surface area contributed by atoms with Crippen LogP contribution in [0.25, 0.3) is 0 Å². The van der Waals surface area contributed by atoms with Crippen LogP contribution in [-0.4, -0.2) is 14.2 Å². The van der Waals surface area contributed by atoms with Crippen LogP contribution in [-0.2, 0) is 6.54 Å². The molecule has 0 aliphatic rings. The molecule has 2 aromatic carbocycles. The topological polar surface area (TPSA) is 30.5 Å². The van der Waals surface area contributed by atoms with E-state index in [1.54, 1.807) is 20.3 Å². The third kappa shape index (κ3) is 3.99. The molecule has 0 bridgehead atoms. The molecular formula is C17H19BrFNO2. The molecule has 1 atom stereocenters. The summed E-state index contributed by atoms with van der Waals surface area (Å²) in [5.41, 5.74) is 1.86. The summed E-state index contributed by atoms with van der Waals surface area (Å²) in [6, 6.07) is 10.4. The van der Waals surface area contributed by atoms with Crippen LogP contribution in [0.1, 0.15) is 24.1 Å². The number of ether oxygens (including phenoxy) is 2. The predicted molar refractivity (Wildman–Crippen MR) is 88.9 cm³/mol. The molecule has 0 amide bonds. The fourth-order valence-electron chi connectivity index (χ4n) is 2.23. The Morgan fingerprint density at radius 1 is 1.14 bits per heavy atom. The van der Waals surface area contributed by atoms with E-state index in [-0.39, 0.29) is 11.9 Å². The Hall–Kier alpha value is -1.59. The highest BCUT2D eigenvalue weighted by Gasteiger charge is 2.13. The van der Waals surface area contributed by atoms with E-state index in [1.807, 2.05) is 25.1 Å². The SMILES string of the molecule is COc1ccc(OC)c(C(C)NCc2cc(F)ccc2Br)c1. The van der Waals surface area contributed by atoms with Gasteiger partial charge < -0.3 is 14.8 Å². The van der Waals surface area contributed by atoms with E-state index in [2.05, 4.69) is 21.2 Å². The van der Waals surface area contributed by atoms with Gasteiger partial charge >= 0.3 is 0 Å². The fraction of sp³-hybridized carbons (Fsp3) is 0.294. The third-order valence-electron chi connectivity index (χ3n) is 3.51. The lowest BCUT2D eigenvalue weighted by molar-refractivity contribution is 0.391. The van der Waals surface area contributed by atoms with Gasteiger partial charge in [0.15, 0.2) is 0 Å². The molecule has 0 aliphatic heterocycles. The molecule has 0 heterocycles. The molecule has 0 saturated heterocycles. The van der Waals surface area contributed by atoms with Crippen molar-refractivity contribution in [3.63, 3.8) is 0 Å². The fourth-order valence-corrected chi connectivity index (χ4v) is 2.62. The molecule has 0 fully saturated rings. The Morgan fingerprint density at radius 2 is 1.91 bits per heavy atom. The minimum atomic E-state index is -0.244. The highest BCUT2D eigenvalue weighted by molar-refractivity contribution is 9.10. The highest BCUT2D eigenvalue weighted by atomic mass is 79.9. The second-order valence-electron chi connectivity index (χ2n) is 4.95. The van der Waals surface area contributed by atoms with E-state index in [0.717, 1.165) is 27.1 Å². The number of rotatable bonds is 6. The standard InChI is InChI=1S/C17H19BrFNO2/c1-11(15-9-14(21-2)5-7-17(15)22-3)20-10-12-8-13(19)4-6-16(12)18/h4-9,11,20H,10H2,1-3H3. The average molecular weight is 368 g/mol. The summed E-state index contributed by atoms with van der Waals surface area (Å²) >= 11 is 3.44. The summed E-state index contributed by atoms with van der Waals surface area (Å²) in [6.07, 6.45) is 0. The number of benzene rings is 2. The molecule has 3 nitrogen and oxygen atoms in total. The third-order valence-corrected chi connectivity index (χ3v) is 4.28. The lowest BCUT2D eigenvalue weighted by Crippen LogP contribution is -2.19. The molecule has 118 valence electrons. The number of hydrogen-bond donors (Lipinski definition) is 1. The first-order valence-corrected chi connectivity index (χ1v) is 7.73. The molecule has 2 rings (SSSR count). The molecule has 5 heteroatoms. The number of methoxy groups -OCH3 is 2. The zero-order valence-electron chi connectivity index (χ0n) is 12.8. The van der Waals surface area contributed by atoms with Gasteiger partial charge in [0.05, 0.1) is 14.2 Å². The Kier molecular flexibility index (Phi) is 5.80. The summed E-state index contributed by atoms with van der Waals surface area (Å²) in [7, 11) is 3.27. The van der Waals surface area contributed by atoms with Gasteiger partial charge in [-0.2, -0.15) is 0 Å². The largest absolute Gasteiger partial charge is 0.497 e. The van der Waals surface area contributed by atoms with E-state index in [0.29, 0.717) is 6.54 Å². The Labute approximate surface area is 138 Å². The summed E-state index contributed by atoms with van der Waals surface area (Å²) in [5.74, 6) is 1.32. The summed E-state index contributed by atoms with van der Waals surface area (Å²) < 4.78 is 24.9. The minimum Gasteiger partial charge on any atom is -0.497 e. The van der Waals surface area contributed by atoms with Gasteiger partial charge in [-0.1, -0.05) is 15.9 Å². The van der Waals surface area contributed by atoms with Gasteiger partial charge in [0, 0.05) is 22.6 Å². The van der Waals surface area contributed by atoms with Crippen molar-refractivity contribution in [1.29, 1.82) is 0 Å². The Balaban J connectivity index is 2.15. The number of halogens is 2. The van der Waals surface area contributed by atoms with Crippen LogP contribution in [0, 0.1) is 5.82 Å². The van der Waals surface area contributed by atoms with Gasteiger partial charge in [0.2, 0.25) is 0 Å². The van der Waals surface area contributed by atoms with Gasteiger partial charge in [-0.3, -0.25) is 0 Å². The molecule has 0 radical (unpaired) electrons. The van der Waals surface area contributed by atoms with Crippen molar-refractivity contribution in [2.24, 2.45) is 0 Å². The monoisotopic (exact) mass is 367 g/mol. The molecule has 22 heavy (non-hydrogen) atoms. The molecular weight excluding hydrogens is 349 g/mol. The highest BCUT2D eigenvalue weighted by Crippen LogP contribution is 2.29. The Bertz CT molecular complexity index is 649. The minimum absolute atomic E-state index is 0.0280. The van der Waals surface area contributed by atoms with Gasteiger partial charge in [-0.25, -0.2) is 4.39 Å². The van der Waals surface area contributed by atoms with Crippen LogP contribution in [0.5, 0.6) is 11.5 Å². The van der Waals surface area contributed by atoms with Crippen LogP contribution in [0.3, 0.4) is 0 Å². The van der Waals surface area contributed by atoms with E-state index in [1.165, 1.54) is 12.1 Å². The van der Waals surface area contributed by atoms with Crippen LogP contribution >= 0.6 is 15.9 Å². The first-order chi connectivity index (χ1) is 10.5.